The number of carboxylic acid groups (broad SMARTS) is 1. The van der Waals surface area contributed by atoms with Gasteiger partial charge in [0.25, 0.3) is 0 Å². The van der Waals surface area contributed by atoms with Gasteiger partial charge >= 0.3 is 5.97 Å². The van der Waals surface area contributed by atoms with Crippen molar-refractivity contribution in [1.29, 1.82) is 0 Å². The molecule has 0 radical (unpaired) electrons. The Balaban J connectivity index is 1.81. The molecule has 2 aromatic rings. The normalized spacial score (nSPS) is 16.6. The second-order valence-electron chi connectivity index (χ2n) is 6.10. The first-order chi connectivity index (χ1) is 11.2. The Morgan fingerprint density at radius 3 is 2.91 bits per heavy atom. The van der Waals surface area contributed by atoms with Crippen LogP contribution in [0, 0.1) is 5.92 Å². The Hall–Kier alpha value is -2.21. The molecule has 3 rings (SSSR count). The maximum atomic E-state index is 11.7. The summed E-state index contributed by atoms with van der Waals surface area (Å²) in [6.45, 7) is 2.79. The zero-order chi connectivity index (χ0) is 16.2. The van der Waals surface area contributed by atoms with Crippen LogP contribution in [0.3, 0.4) is 0 Å². The van der Waals surface area contributed by atoms with E-state index in [0.29, 0.717) is 22.9 Å². The van der Waals surface area contributed by atoms with Crippen LogP contribution in [0.1, 0.15) is 54.8 Å². The standard InChI is InChI=1S/C17H21N3O3/c1-11(19-9-12-5-2-3-6-12)16-14(17(21)22)15(20-23-16)13-7-4-8-18-10-13/h4,7-8,10-12,19H,2-3,5-6,9H2,1H3,(H,21,22)/t11-/m1/s1. The number of aromatic carboxylic acids is 1. The van der Waals surface area contributed by atoms with Crippen molar-refractivity contribution in [3.05, 3.63) is 35.9 Å². The van der Waals surface area contributed by atoms with Gasteiger partial charge in [0.1, 0.15) is 11.3 Å². The quantitative estimate of drug-likeness (QED) is 0.850. The van der Waals surface area contributed by atoms with E-state index in [1.54, 1.807) is 24.5 Å². The van der Waals surface area contributed by atoms with Crippen LogP contribution in [0.15, 0.2) is 29.0 Å². The fraction of sp³-hybridized carbons (Fsp3) is 0.471. The lowest BCUT2D eigenvalue weighted by molar-refractivity contribution is 0.0694. The molecule has 122 valence electrons. The van der Waals surface area contributed by atoms with E-state index in [0.717, 1.165) is 6.54 Å². The minimum absolute atomic E-state index is 0.115. The molecule has 1 saturated carbocycles. The Morgan fingerprint density at radius 2 is 2.26 bits per heavy atom. The Morgan fingerprint density at radius 1 is 1.48 bits per heavy atom. The van der Waals surface area contributed by atoms with Crippen molar-refractivity contribution in [3.63, 3.8) is 0 Å². The van der Waals surface area contributed by atoms with Gasteiger partial charge in [-0.2, -0.15) is 0 Å². The third-order valence-corrected chi connectivity index (χ3v) is 4.45. The maximum absolute atomic E-state index is 11.7. The molecule has 1 aliphatic rings. The van der Waals surface area contributed by atoms with Gasteiger partial charge in [0.15, 0.2) is 5.76 Å². The highest BCUT2D eigenvalue weighted by Crippen LogP contribution is 2.29. The number of nitrogens with zero attached hydrogens (tertiary/aromatic N) is 2. The first kappa shape index (κ1) is 15.7. The second-order valence-corrected chi connectivity index (χ2v) is 6.10. The molecule has 0 bridgehead atoms. The summed E-state index contributed by atoms with van der Waals surface area (Å²) in [5.74, 6) is 0.00964. The molecule has 1 aliphatic carbocycles. The SMILES string of the molecule is C[C@@H](NCC1CCCC1)c1onc(-c2cccnc2)c1C(=O)O. The molecule has 2 heterocycles. The first-order valence-electron chi connectivity index (χ1n) is 8.03. The first-order valence-corrected chi connectivity index (χ1v) is 8.03. The summed E-state index contributed by atoms with van der Waals surface area (Å²) in [6, 6.07) is 3.33. The second kappa shape index (κ2) is 6.91. The summed E-state index contributed by atoms with van der Waals surface area (Å²) < 4.78 is 5.37. The van der Waals surface area contributed by atoms with Crippen LogP contribution in [0.25, 0.3) is 11.3 Å². The van der Waals surface area contributed by atoms with Gasteiger partial charge in [0, 0.05) is 18.0 Å². The lowest BCUT2D eigenvalue weighted by Gasteiger charge is -2.15. The third kappa shape index (κ3) is 3.42. The molecule has 23 heavy (non-hydrogen) atoms. The van der Waals surface area contributed by atoms with Crippen LogP contribution < -0.4 is 5.32 Å². The largest absolute Gasteiger partial charge is 0.477 e. The molecule has 0 spiro atoms. The number of carbonyl (C=O) groups is 1. The van der Waals surface area contributed by atoms with E-state index in [4.69, 9.17) is 4.52 Å². The van der Waals surface area contributed by atoms with Crippen LogP contribution >= 0.6 is 0 Å². The van der Waals surface area contributed by atoms with Crippen LogP contribution in [0.4, 0.5) is 0 Å². The molecule has 0 saturated heterocycles. The Kier molecular flexibility index (Phi) is 4.71. The zero-order valence-corrected chi connectivity index (χ0v) is 13.2. The van der Waals surface area contributed by atoms with Crippen molar-refractivity contribution < 1.29 is 14.4 Å². The van der Waals surface area contributed by atoms with E-state index in [-0.39, 0.29) is 11.6 Å². The van der Waals surface area contributed by atoms with Crippen molar-refractivity contribution in [1.82, 2.24) is 15.5 Å². The predicted molar refractivity (Wildman–Crippen MR) is 85.1 cm³/mol. The van der Waals surface area contributed by atoms with E-state index in [2.05, 4.69) is 15.5 Å². The summed E-state index contributed by atoms with van der Waals surface area (Å²) in [5, 5.41) is 16.9. The van der Waals surface area contributed by atoms with Gasteiger partial charge in [-0.25, -0.2) is 4.79 Å². The van der Waals surface area contributed by atoms with Crippen molar-refractivity contribution in [2.75, 3.05) is 6.54 Å². The third-order valence-electron chi connectivity index (χ3n) is 4.45. The Labute approximate surface area is 134 Å². The van der Waals surface area contributed by atoms with Gasteiger partial charge in [-0.15, -0.1) is 0 Å². The summed E-state index contributed by atoms with van der Waals surface area (Å²) in [6.07, 6.45) is 8.27. The average Bonchev–Trinajstić information content (AvgIpc) is 3.22. The van der Waals surface area contributed by atoms with Gasteiger partial charge in [-0.1, -0.05) is 18.0 Å². The zero-order valence-electron chi connectivity index (χ0n) is 13.2. The lowest BCUT2D eigenvalue weighted by atomic mass is 10.0. The van der Waals surface area contributed by atoms with E-state index in [1.807, 2.05) is 6.92 Å². The van der Waals surface area contributed by atoms with Crippen LogP contribution in [0.5, 0.6) is 0 Å². The molecule has 1 fully saturated rings. The molecule has 0 aliphatic heterocycles. The molecule has 6 nitrogen and oxygen atoms in total. The molecule has 2 N–H and O–H groups in total. The van der Waals surface area contributed by atoms with Crippen molar-refractivity contribution in [2.45, 2.75) is 38.6 Å². The topological polar surface area (TPSA) is 88.3 Å². The summed E-state index contributed by atoms with van der Waals surface area (Å²) >= 11 is 0. The van der Waals surface area contributed by atoms with Crippen molar-refractivity contribution >= 4 is 5.97 Å². The van der Waals surface area contributed by atoms with Crippen LogP contribution in [0.2, 0.25) is 0 Å². The molecule has 0 aromatic carbocycles. The van der Waals surface area contributed by atoms with Crippen LogP contribution in [-0.4, -0.2) is 27.8 Å². The minimum Gasteiger partial charge on any atom is -0.477 e. The molecule has 2 aromatic heterocycles. The average molecular weight is 315 g/mol. The summed E-state index contributed by atoms with van der Waals surface area (Å²) in [4.78, 5) is 15.7. The molecular weight excluding hydrogens is 294 g/mol. The van der Waals surface area contributed by atoms with Gasteiger partial charge in [0.05, 0.1) is 6.04 Å². The number of nitrogens with one attached hydrogen (secondary N) is 1. The van der Waals surface area contributed by atoms with E-state index in [9.17, 15) is 9.90 Å². The fourth-order valence-corrected chi connectivity index (χ4v) is 3.16. The smallest absolute Gasteiger partial charge is 0.341 e. The number of hydrogen-bond acceptors (Lipinski definition) is 5. The van der Waals surface area contributed by atoms with Crippen molar-refractivity contribution in [3.8, 4) is 11.3 Å². The molecule has 6 heteroatoms. The molecule has 0 unspecified atom stereocenters. The van der Waals surface area contributed by atoms with Gasteiger partial charge in [-0.3, -0.25) is 4.98 Å². The lowest BCUT2D eigenvalue weighted by Crippen LogP contribution is -2.25. The highest BCUT2D eigenvalue weighted by molar-refractivity contribution is 5.95. The van der Waals surface area contributed by atoms with E-state index in [1.165, 1.54) is 25.7 Å². The van der Waals surface area contributed by atoms with E-state index < -0.39 is 5.97 Å². The minimum atomic E-state index is -1.03. The highest BCUT2D eigenvalue weighted by atomic mass is 16.5. The number of carboxylic acids is 1. The van der Waals surface area contributed by atoms with E-state index >= 15 is 0 Å². The number of pyridine rings is 1. The number of hydrogen-bond donors (Lipinski definition) is 2. The van der Waals surface area contributed by atoms with Gasteiger partial charge < -0.3 is 14.9 Å². The van der Waals surface area contributed by atoms with Gasteiger partial charge in [-0.05, 0) is 44.4 Å². The molecule has 1 atom stereocenters. The summed E-state index contributed by atoms with van der Waals surface area (Å²) in [5.41, 5.74) is 1.09. The van der Waals surface area contributed by atoms with Crippen molar-refractivity contribution in [2.24, 2.45) is 5.92 Å². The molecule has 0 amide bonds. The monoisotopic (exact) mass is 315 g/mol. The molecular formula is C17H21N3O3. The maximum Gasteiger partial charge on any atom is 0.341 e. The summed E-state index contributed by atoms with van der Waals surface area (Å²) in [7, 11) is 0. The Bertz CT molecular complexity index is 663. The van der Waals surface area contributed by atoms with Gasteiger partial charge in [0.2, 0.25) is 0 Å². The predicted octanol–water partition coefficient (Wildman–Crippen LogP) is 3.28. The fourth-order valence-electron chi connectivity index (χ4n) is 3.16. The highest BCUT2D eigenvalue weighted by Gasteiger charge is 2.27. The van der Waals surface area contributed by atoms with Crippen LogP contribution in [-0.2, 0) is 0 Å². The number of rotatable bonds is 6. The number of aromatic nitrogens is 2.